The third kappa shape index (κ3) is 4.97. The number of rotatable bonds is 4. The lowest BCUT2D eigenvalue weighted by molar-refractivity contribution is 0.477. The molecule has 3 aromatic rings. The minimum absolute atomic E-state index is 0.0364. The lowest BCUT2D eigenvalue weighted by Crippen LogP contribution is -1.87. The number of phenolic OH excluding ortho intramolecular Hbond substituents is 2. The summed E-state index contributed by atoms with van der Waals surface area (Å²) in [6, 6.07) is 9.74. The maximum Gasteiger partial charge on any atom is 0.161 e. The van der Waals surface area contributed by atoms with E-state index in [0.29, 0.717) is 11.1 Å². The number of halogens is 6. The van der Waals surface area contributed by atoms with Crippen molar-refractivity contribution in [3.8, 4) is 11.5 Å². The minimum atomic E-state index is -0.275. The standard InChI is InChI=1S/C20H10Cl6N2O2/c21-11-5-13(23)19(29)17(15(11)25)27-7-9-2-1-3-10(4-9)8-28-18-16(26)12(22)6-14(24)20(18)30/h1-8,29-30H. The van der Waals surface area contributed by atoms with Crippen LogP contribution in [0.15, 0.2) is 46.4 Å². The van der Waals surface area contributed by atoms with Crippen LogP contribution in [0.1, 0.15) is 11.1 Å². The number of aliphatic imine (C=N–C) groups is 2. The molecular formula is C20H10Cl6N2O2. The van der Waals surface area contributed by atoms with Crippen LogP contribution in [0.25, 0.3) is 0 Å². The van der Waals surface area contributed by atoms with Gasteiger partial charge in [0.15, 0.2) is 11.5 Å². The van der Waals surface area contributed by atoms with Gasteiger partial charge in [0, 0.05) is 12.4 Å². The average molecular weight is 523 g/mol. The summed E-state index contributed by atoms with van der Waals surface area (Å²) in [4.78, 5) is 8.38. The molecule has 30 heavy (non-hydrogen) atoms. The largest absolute Gasteiger partial charge is 0.504 e. The molecule has 0 spiro atoms. The number of phenols is 2. The average Bonchev–Trinajstić information content (AvgIpc) is 2.71. The van der Waals surface area contributed by atoms with Gasteiger partial charge < -0.3 is 10.2 Å². The monoisotopic (exact) mass is 520 g/mol. The van der Waals surface area contributed by atoms with E-state index in [2.05, 4.69) is 9.98 Å². The number of hydrogen-bond acceptors (Lipinski definition) is 4. The summed E-state index contributed by atoms with van der Waals surface area (Å²) in [6.45, 7) is 0. The van der Waals surface area contributed by atoms with Crippen molar-refractivity contribution in [3.63, 3.8) is 0 Å². The van der Waals surface area contributed by atoms with Gasteiger partial charge in [0.2, 0.25) is 0 Å². The smallest absolute Gasteiger partial charge is 0.161 e. The SMILES string of the molecule is Oc1c(Cl)cc(Cl)c(Cl)c1N=Cc1cccc(C=Nc2c(O)c(Cl)cc(Cl)c2Cl)c1. The van der Waals surface area contributed by atoms with Crippen molar-refractivity contribution < 1.29 is 10.2 Å². The molecule has 0 aliphatic carbocycles. The zero-order chi connectivity index (χ0) is 22.0. The van der Waals surface area contributed by atoms with E-state index < -0.39 is 0 Å². The fourth-order valence-corrected chi connectivity index (χ4v) is 3.67. The van der Waals surface area contributed by atoms with Gasteiger partial charge in [0.05, 0.1) is 30.1 Å². The molecule has 0 atom stereocenters. The van der Waals surface area contributed by atoms with Crippen LogP contribution in [0.5, 0.6) is 11.5 Å². The molecule has 0 fully saturated rings. The molecule has 0 amide bonds. The maximum atomic E-state index is 10.1. The molecule has 4 nitrogen and oxygen atoms in total. The van der Waals surface area contributed by atoms with Crippen molar-refractivity contribution in [2.75, 3.05) is 0 Å². The van der Waals surface area contributed by atoms with Crippen LogP contribution in [-0.2, 0) is 0 Å². The molecule has 0 saturated heterocycles. The highest BCUT2D eigenvalue weighted by molar-refractivity contribution is 6.46. The van der Waals surface area contributed by atoms with E-state index in [0.717, 1.165) is 0 Å². The van der Waals surface area contributed by atoms with Gasteiger partial charge in [-0.05, 0) is 29.3 Å². The molecule has 2 N–H and O–H groups in total. The van der Waals surface area contributed by atoms with Crippen LogP contribution in [-0.4, -0.2) is 22.6 Å². The minimum Gasteiger partial charge on any atom is -0.504 e. The summed E-state index contributed by atoms with van der Waals surface area (Å²) >= 11 is 36.0. The Balaban J connectivity index is 1.92. The highest BCUT2D eigenvalue weighted by Crippen LogP contribution is 2.45. The molecule has 0 aliphatic rings. The summed E-state index contributed by atoms with van der Waals surface area (Å²) in [5.41, 5.74) is 1.45. The van der Waals surface area contributed by atoms with E-state index >= 15 is 0 Å². The zero-order valence-corrected chi connectivity index (χ0v) is 19.2. The lowest BCUT2D eigenvalue weighted by Gasteiger charge is -2.06. The predicted molar refractivity (Wildman–Crippen MR) is 127 cm³/mol. The van der Waals surface area contributed by atoms with Gasteiger partial charge in [-0.25, -0.2) is 0 Å². The quantitative estimate of drug-likeness (QED) is 0.266. The Bertz CT molecular complexity index is 1050. The van der Waals surface area contributed by atoms with Crippen molar-refractivity contribution in [3.05, 3.63) is 77.7 Å². The highest BCUT2D eigenvalue weighted by atomic mass is 35.5. The van der Waals surface area contributed by atoms with E-state index in [1.165, 1.54) is 24.6 Å². The van der Waals surface area contributed by atoms with E-state index in [4.69, 9.17) is 69.6 Å². The first-order chi connectivity index (χ1) is 14.2. The topological polar surface area (TPSA) is 65.2 Å². The van der Waals surface area contributed by atoms with Gasteiger partial charge >= 0.3 is 0 Å². The highest BCUT2D eigenvalue weighted by Gasteiger charge is 2.14. The van der Waals surface area contributed by atoms with Crippen molar-refractivity contribution >= 4 is 93.4 Å². The summed E-state index contributed by atoms with van der Waals surface area (Å²) in [5.74, 6) is -0.550. The number of aromatic hydroxyl groups is 2. The zero-order valence-electron chi connectivity index (χ0n) is 14.7. The molecule has 0 aliphatic heterocycles. The first-order valence-corrected chi connectivity index (χ1v) is 10.4. The molecule has 3 aromatic carbocycles. The Morgan fingerprint density at radius 2 is 1.00 bits per heavy atom. The number of benzene rings is 3. The van der Waals surface area contributed by atoms with Crippen LogP contribution in [0.2, 0.25) is 30.1 Å². The third-order valence-corrected chi connectivity index (χ3v) is 5.97. The maximum absolute atomic E-state index is 10.1. The molecule has 0 heterocycles. The van der Waals surface area contributed by atoms with Crippen molar-refractivity contribution in [1.29, 1.82) is 0 Å². The van der Waals surface area contributed by atoms with Gasteiger partial charge in [-0.1, -0.05) is 87.8 Å². The first kappa shape index (κ1) is 23.0. The van der Waals surface area contributed by atoms with Crippen LogP contribution in [0.4, 0.5) is 11.4 Å². The van der Waals surface area contributed by atoms with Gasteiger partial charge in [0.1, 0.15) is 11.4 Å². The van der Waals surface area contributed by atoms with Gasteiger partial charge in [0.25, 0.3) is 0 Å². The van der Waals surface area contributed by atoms with Crippen LogP contribution < -0.4 is 0 Å². The molecule has 10 heteroatoms. The molecule has 0 unspecified atom stereocenters. The van der Waals surface area contributed by atoms with Crippen molar-refractivity contribution in [2.24, 2.45) is 9.98 Å². The molecule has 154 valence electrons. The first-order valence-electron chi connectivity index (χ1n) is 8.10. The van der Waals surface area contributed by atoms with E-state index in [1.807, 2.05) is 0 Å². The van der Waals surface area contributed by atoms with E-state index in [-0.39, 0.29) is 53.0 Å². The fraction of sp³-hybridized carbons (Fsp3) is 0. The summed E-state index contributed by atoms with van der Waals surface area (Å²) in [7, 11) is 0. The van der Waals surface area contributed by atoms with Gasteiger partial charge in [-0.3, -0.25) is 9.98 Å². The van der Waals surface area contributed by atoms with Gasteiger partial charge in [-0.15, -0.1) is 0 Å². The molecule has 3 rings (SSSR count). The predicted octanol–water partition coefficient (Wildman–Crippen LogP) is 8.52. The van der Waals surface area contributed by atoms with E-state index in [9.17, 15) is 10.2 Å². The van der Waals surface area contributed by atoms with Crippen LogP contribution in [0, 0.1) is 0 Å². The molecular weight excluding hydrogens is 513 g/mol. The summed E-state index contributed by atoms with van der Waals surface area (Å²) in [5, 5.41) is 20.7. The molecule has 0 aromatic heterocycles. The second-order valence-corrected chi connectivity index (χ2v) is 8.27. The number of hydrogen-bond donors (Lipinski definition) is 2. The lowest BCUT2D eigenvalue weighted by atomic mass is 10.1. The third-order valence-electron chi connectivity index (χ3n) is 3.84. The second kappa shape index (κ2) is 9.65. The van der Waals surface area contributed by atoms with Crippen molar-refractivity contribution in [1.82, 2.24) is 0 Å². The summed E-state index contributed by atoms with van der Waals surface area (Å²) in [6.07, 6.45) is 2.96. The molecule has 0 bridgehead atoms. The molecule has 0 radical (unpaired) electrons. The Kier molecular flexibility index (Phi) is 7.40. The Morgan fingerprint density at radius 1 is 0.600 bits per heavy atom. The Hall–Kier alpha value is -1.66. The normalized spacial score (nSPS) is 11.7. The van der Waals surface area contributed by atoms with E-state index in [1.54, 1.807) is 24.3 Å². The number of nitrogens with zero attached hydrogens (tertiary/aromatic N) is 2. The van der Waals surface area contributed by atoms with Crippen molar-refractivity contribution in [2.45, 2.75) is 0 Å². The fourth-order valence-electron chi connectivity index (χ4n) is 2.38. The Morgan fingerprint density at radius 3 is 1.40 bits per heavy atom. The second-order valence-electron chi connectivity index (χ2n) is 5.89. The van der Waals surface area contributed by atoms with Gasteiger partial charge in [-0.2, -0.15) is 0 Å². The van der Waals surface area contributed by atoms with Crippen LogP contribution >= 0.6 is 69.6 Å². The molecule has 0 saturated carbocycles. The summed E-state index contributed by atoms with van der Waals surface area (Å²) < 4.78 is 0. The van der Waals surface area contributed by atoms with Crippen LogP contribution in [0.3, 0.4) is 0 Å². The Labute approximate surface area is 201 Å².